The number of anilines is 1. The van der Waals surface area contributed by atoms with Crippen molar-refractivity contribution >= 4 is 27.7 Å². The van der Waals surface area contributed by atoms with Crippen molar-refractivity contribution in [1.82, 2.24) is 14.6 Å². The molecule has 0 atom stereocenters. The van der Waals surface area contributed by atoms with Gasteiger partial charge in [0, 0.05) is 25.9 Å². The van der Waals surface area contributed by atoms with Gasteiger partial charge in [-0.2, -0.15) is 0 Å². The Balaban J connectivity index is 1.56. The Morgan fingerprint density at radius 3 is 2.61 bits per heavy atom. The summed E-state index contributed by atoms with van der Waals surface area (Å²) in [7, 11) is -0.844. The highest BCUT2D eigenvalue weighted by Crippen LogP contribution is 2.27. The molecule has 3 rings (SSSR count). The normalized spacial score (nSPS) is 14.6. The Hall–Kier alpha value is -2.98. The van der Waals surface area contributed by atoms with Crippen molar-refractivity contribution in [3.05, 3.63) is 48.2 Å². The molecule has 0 saturated heterocycles. The van der Waals surface area contributed by atoms with E-state index >= 15 is 0 Å². The smallest absolute Gasteiger partial charge is 0.251 e. The number of amides is 2. The van der Waals surface area contributed by atoms with Gasteiger partial charge in [0.2, 0.25) is 15.9 Å². The molecule has 2 N–H and O–H groups in total. The third kappa shape index (κ3) is 6.75. The number of pyridine rings is 1. The van der Waals surface area contributed by atoms with Gasteiger partial charge in [-0.25, -0.2) is 17.7 Å². The van der Waals surface area contributed by atoms with Gasteiger partial charge in [0.25, 0.3) is 5.91 Å². The van der Waals surface area contributed by atoms with E-state index < -0.39 is 21.8 Å². The van der Waals surface area contributed by atoms with Gasteiger partial charge in [-0.1, -0.05) is 25.3 Å². The molecule has 1 aromatic heterocycles. The first kappa shape index (κ1) is 24.7. The molecule has 1 aliphatic rings. The summed E-state index contributed by atoms with van der Waals surface area (Å²) in [5, 5.41) is 5.17. The Morgan fingerprint density at radius 2 is 1.88 bits per heavy atom. The van der Waals surface area contributed by atoms with Crippen LogP contribution < -0.4 is 15.4 Å². The van der Waals surface area contributed by atoms with E-state index in [1.165, 1.54) is 57.6 Å². The predicted octanol–water partition coefficient (Wildman–Crippen LogP) is 2.66. The molecule has 0 spiro atoms. The fourth-order valence-corrected chi connectivity index (χ4v) is 4.56. The number of aromatic nitrogens is 1. The van der Waals surface area contributed by atoms with Crippen LogP contribution in [-0.4, -0.2) is 56.8 Å². The van der Waals surface area contributed by atoms with Crippen LogP contribution in [0, 0.1) is 5.92 Å². The molecule has 33 heavy (non-hydrogen) atoms. The monoisotopic (exact) mass is 474 g/mol. The predicted molar refractivity (Wildman–Crippen MR) is 125 cm³/mol. The largest absolute Gasteiger partial charge is 0.489 e. The van der Waals surface area contributed by atoms with Gasteiger partial charge in [-0.3, -0.25) is 9.59 Å². The summed E-state index contributed by atoms with van der Waals surface area (Å²) in [6, 6.07) is 9.14. The highest BCUT2D eigenvalue weighted by Gasteiger charge is 2.19. The molecule has 0 unspecified atom stereocenters. The van der Waals surface area contributed by atoms with Crippen molar-refractivity contribution in [3.63, 3.8) is 0 Å². The van der Waals surface area contributed by atoms with Crippen molar-refractivity contribution in [2.24, 2.45) is 5.92 Å². The van der Waals surface area contributed by atoms with Crippen molar-refractivity contribution in [3.8, 4) is 5.75 Å². The van der Waals surface area contributed by atoms with E-state index in [1.807, 2.05) is 0 Å². The second-order valence-electron chi connectivity index (χ2n) is 8.21. The average molecular weight is 475 g/mol. The number of ether oxygens (including phenoxy) is 1. The number of nitrogens with one attached hydrogen (secondary N) is 2. The summed E-state index contributed by atoms with van der Waals surface area (Å²) in [6.07, 6.45) is 7.54. The van der Waals surface area contributed by atoms with E-state index in [0.29, 0.717) is 24.1 Å². The molecule has 0 radical (unpaired) electrons. The maximum absolute atomic E-state index is 12.5. The summed E-state index contributed by atoms with van der Waals surface area (Å²) in [4.78, 5) is 29.0. The zero-order valence-electron chi connectivity index (χ0n) is 18.9. The summed E-state index contributed by atoms with van der Waals surface area (Å²) in [5.41, 5.74) is 0.139. The molecule has 2 amide bonds. The fourth-order valence-electron chi connectivity index (χ4n) is 3.61. The van der Waals surface area contributed by atoms with E-state index in [4.69, 9.17) is 4.74 Å². The molecule has 0 bridgehead atoms. The second kappa shape index (κ2) is 11.2. The number of rotatable bonds is 9. The lowest BCUT2D eigenvalue weighted by atomic mass is 9.90. The molecule has 178 valence electrons. The Labute approximate surface area is 194 Å². The minimum atomic E-state index is -3.67. The number of hydrogen-bond acceptors (Lipinski definition) is 6. The van der Waals surface area contributed by atoms with Crippen molar-refractivity contribution < 1.29 is 22.7 Å². The van der Waals surface area contributed by atoms with Crippen LogP contribution in [0.3, 0.4) is 0 Å². The van der Waals surface area contributed by atoms with Gasteiger partial charge < -0.3 is 15.4 Å². The van der Waals surface area contributed by atoms with E-state index in [-0.39, 0.29) is 17.0 Å². The lowest BCUT2D eigenvalue weighted by molar-refractivity contribution is -0.115. The van der Waals surface area contributed by atoms with Gasteiger partial charge in [-0.05, 0) is 49.1 Å². The van der Waals surface area contributed by atoms with Gasteiger partial charge >= 0.3 is 0 Å². The molecule has 0 aliphatic heterocycles. The number of nitrogens with zero attached hydrogens (tertiary/aromatic N) is 2. The third-order valence-corrected chi connectivity index (χ3v) is 7.32. The molecule has 9 nitrogen and oxygen atoms in total. The summed E-state index contributed by atoms with van der Waals surface area (Å²) in [6.45, 7) is 0.277. The van der Waals surface area contributed by atoms with Crippen LogP contribution in [0.4, 0.5) is 5.82 Å². The first-order chi connectivity index (χ1) is 15.8. The molecule has 1 fully saturated rings. The highest BCUT2D eigenvalue weighted by molar-refractivity contribution is 7.89. The second-order valence-corrected chi connectivity index (χ2v) is 10.4. The summed E-state index contributed by atoms with van der Waals surface area (Å²) >= 11 is 0. The minimum Gasteiger partial charge on any atom is -0.489 e. The number of carbonyl (C=O) groups is 2. The van der Waals surface area contributed by atoms with Gasteiger partial charge in [0.15, 0.2) is 11.6 Å². The maximum atomic E-state index is 12.5. The van der Waals surface area contributed by atoms with Gasteiger partial charge in [0.1, 0.15) is 0 Å². The van der Waals surface area contributed by atoms with Crippen LogP contribution in [0.2, 0.25) is 0 Å². The minimum absolute atomic E-state index is 0.00200. The number of sulfonamides is 1. The topological polar surface area (TPSA) is 118 Å². The SMILES string of the molecule is CN(C)S(=O)(=O)c1cccc(C(=O)NCC(=O)Nc2ncccc2OCC2CCCCC2)c1. The van der Waals surface area contributed by atoms with Crippen LogP contribution in [0.15, 0.2) is 47.5 Å². The molecule has 1 aromatic carbocycles. The first-order valence-electron chi connectivity index (χ1n) is 11.0. The molecular weight excluding hydrogens is 444 g/mol. The molecule has 1 saturated carbocycles. The first-order valence-corrected chi connectivity index (χ1v) is 12.4. The molecule has 1 aliphatic carbocycles. The Kier molecular flexibility index (Phi) is 8.40. The molecule has 10 heteroatoms. The zero-order valence-corrected chi connectivity index (χ0v) is 19.7. The molecular formula is C23H30N4O5S. The third-order valence-electron chi connectivity index (χ3n) is 5.51. The highest BCUT2D eigenvalue weighted by atomic mass is 32.2. The van der Waals surface area contributed by atoms with E-state index in [0.717, 1.165) is 17.1 Å². The number of carbonyl (C=O) groups excluding carboxylic acids is 2. The molecule has 1 heterocycles. The summed E-state index contributed by atoms with van der Waals surface area (Å²) < 4.78 is 31.5. The van der Waals surface area contributed by atoms with E-state index in [1.54, 1.807) is 18.3 Å². The standard InChI is InChI=1S/C23H30N4O5S/c1-27(2)33(30,31)19-11-6-10-18(14-19)23(29)25-15-21(28)26-22-20(12-7-13-24-22)32-16-17-8-4-3-5-9-17/h6-7,10-14,17H,3-5,8-9,15-16H2,1-2H3,(H,25,29)(H,24,26,28). The van der Waals surface area contributed by atoms with Crippen LogP contribution in [0.5, 0.6) is 5.75 Å². The Morgan fingerprint density at radius 1 is 1.12 bits per heavy atom. The lowest BCUT2D eigenvalue weighted by Crippen LogP contribution is -2.33. The van der Waals surface area contributed by atoms with Crippen molar-refractivity contribution in [1.29, 1.82) is 0 Å². The average Bonchev–Trinajstić information content (AvgIpc) is 2.82. The number of benzene rings is 1. The summed E-state index contributed by atoms with van der Waals surface area (Å²) in [5.74, 6) is 0.266. The maximum Gasteiger partial charge on any atom is 0.251 e. The van der Waals surface area contributed by atoms with Gasteiger partial charge in [-0.15, -0.1) is 0 Å². The fraction of sp³-hybridized carbons (Fsp3) is 0.435. The number of hydrogen-bond donors (Lipinski definition) is 2. The zero-order chi connectivity index (χ0) is 23.8. The van der Waals surface area contributed by atoms with Crippen LogP contribution in [0.25, 0.3) is 0 Å². The van der Waals surface area contributed by atoms with Crippen molar-refractivity contribution in [2.75, 3.05) is 32.6 Å². The molecule has 2 aromatic rings. The quantitative estimate of drug-likeness (QED) is 0.577. The van der Waals surface area contributed by atoms with Crippen LogP contribution >= 0.6 is 0 Å². The van der Waals surface area contributed by atoms with E-state index in [2.05, 4.69) is 15.6 Å². The van der Waals surface area contributed by atoms with E-state index in [9.17, 15) is 18.0 Å². The van der Waals surface area contributed by atoms with Crippen LogP contribution in [0.1, 0.15) is 42.5 Å². The lowest BCUT2D eigenvalue weighted by Gasteiger charge is -2.22. The van der Waals surface area contributed by atoms with Gasteiger partial charge in [0.05, 0.1) is 18.0 Å². The van der Waals surface area contributed by atoms with Crippen molar-refractivity contribution in [2.45, 2.75) is 37.0 Å². The van der Waals surface area contributed by atoms with Crippen LogP contribution in [-0.2, 0) is 14.8 Å². The Bertz CT molecular complexity index is 1080.